The third-order valence-electron chi connectivity index (χ3n) is 3.50. The highest BCUT2D eigenvalue weighted by Gasteiger charge is 2.19. The molecule has 0 spiro atoms. The van der Waals surface area contributed by atoms with E-state index in [1.165, 1.54) is 26.4 Å². The highest BCUT2D eigenvalue weighted by Crippen LogP contribution is 2.28. The number of methoxy groups -OCH3 is 3. The van der Waals surface area contributed by atoms with Gasteiger partial charge >= 0.3 is 0 Å². The van der Waals surface area contributed by atoms with Crippen molar-refractivity contribution in [1.82, 2.24) is 4.72 Å². The number of nitrogens with one attached hydrogen (secondary N) is 1. The van der Waals surface area contributed by atoms with Gasteiger partial charge in [-0.2, -0.15) is 4.72 Å². The van der Waals surface area contributed by atoms with Crippen molar-refractivity contribution in [2.24, 2.45) is 0 Å². The summed E-state index contributed by atoms with van der Waals surface area (Å²) in [4.78, 5) is -0.0172. The van der Waals surface area contributed by atoms with Gasteiger partial charge in [-0.1, -0.05) is 24.0 Å². The standard InChI is InChI=1S/C19H21NO6S/c1-23-15-10-11-18(25-3)19(14-15)27(21,22)20-12-6-7-13-26-17-9-5-4-8-16(17)24-2/h4-5,8-11,14,20H,12-13H2,1-3H3. The maximum Gasteiger partial charge on any atom is 0.245 e. The Morgan fingerprint density at radius 2 is 1.59 bits per heavy atom. The van der Waals surface area contributed by atoms with Crippen molar-refractivity contribution in [2.75, 3.05) is 34.5 Å². The lowest BCUT2D eigenvalue weighted by Gasteiger charge is -2.11. The quantitative estimate of drug-likeness (QED) is 0.694. The van der Waals surface area contributed by atoms with E-state index in [1.807, 2.05) is 12.1 Å². The number of para-hydroxylation sites is 2. The monoisotopic (exact) mass is 391 g/mol. The van der Waals surface area contributed by atoms with Gasteiger partial charge in [0.1, 0.15) is 23.0 Å². The summed E-state index contributed by atoms with van der Waals surface area (Å²) in [6, 6.07) is 11.7. The molecular formula is C19H21NO6S. The number of ether oxygens (including phenoxy) is 4. The predicted octanol–water partition coefficient (Wildman–Crippen LogP) is 2.07. The average Bonchev–Trinajstić information content (AvgIpc) is 2.70. The molecule has 7 nitrogen and oxygen atoms in total. The summed E-state index contributed by atoms with van der Waals surface area (Å²) < 4.78 is 48.2. The van der Waals surface area contributed by atoms with Gasteiger partial charge < -0.3 is 18.9 Å². The van der Waals surface area contributed by atoms with Crippen LogP contribution in [0.25, 0.3) is 0 Å². The molecule has 0 aliphatic rings. The molecule has 8 heteroatoms. The Bertz CT molecular complexity index is 931. The summed E-state index contributed by atoms with van der Waals surface area (Å²) in [5.74, 6) is 7.25. The predicted molar refractivity (Wildman–Crippen MR) is 101 cm³/mol. The molecule has 0 amide bonds. The van der Waals surface area contributed by atoms with Crippen LogP contribution in [0.4, 0.5) is 0 Å². The lowest BCUT2D eigenvalue weighted by molar-refractivity contribution is 0.331. The molecule has 1 N–H and O–H groups in total. The van der Waals surface area contributed by atoms with Gasteiger partial charge in [0, 0.05) is 6.07 Å². The second kappa shape index (κ2) is 9.71. The van der Waals surface area contributed by atoms with Crippen molar-refractivity contribution < 1.29 is 27.4 Å². The normalized spacial score (nSPS) is 10.5. The van der Waals surface area contributed by atoms with Crippen LogP contribution in [0.3, 0.4) is 0 Å². The molecule has 2 rings (SSSR count). The van der Waals surface area contributed by atoms with E-state index in [2.05, 4.69) is 16.6 Å². The van der Waals surface area contributed by atoms with E-state index >= 15 is 0 Å². The number of hydrogen-bond donors (Lipinski definition) is 1. The van der Waals surface area contributed by atoms with Gasteiger partial charge in [-0.05, 0) is 24.3 Å². The molecule has 0 atom stereocenters. The summed E-state index contributed by atoms with van der Waals surface area (Å²) >= 11 is 0. The molecule has 27 heavy (non-hydrogen) atoms. The van der Waals surface area contributed by atoms with Crippen molar-refractivity contribution in [2.45, 2.75) is 4.90 Å². The minimum atomic E-state index is -3.80. The number of benzene rings is 2. The van der Waals surface area contributed by atoms with Crippen LogP contribution in [0.1, 0.15) is 0 Å². The van der Waals surface area contributed by atoms with Crippen molar-refractivity contribution in [3.05, 3.63) is 42.5 Å². The molecule has 2 aromatic carbocycles. The highest BCUT2D eigenvalue weighted by atomic mass is 32.2. The van der Waals surface area contributed by atoms with Gasteiger partial charge in [-0.25, -0.2) is 8.42 Å². The first-order valence-electron chi connectivity index (χ1n) is 7.95. The van der Waals surface area contributed by atoms with E-state index in [-0.39, 0.29) is 23.8 Å². The van der Waals surface area contributed by atoms with Crippen LogP contribution in [-0.2, 0) is 10.0 Å². The summed E-state index contributed by atoms with van der Waals surface area (Å²) in [6.07, 6.45) is 0. The van der Waals surface area contributed by atoms with E-state index in [1.54, 1.807) is 25.3 Å². The Balaban J connectivity index is 1.96. The van der Waals surface area contributed by atoms with Gasteiger partial charge in [0.05, 0.1) is 27.9 Å². The zero-order valence-electron chi connectivity index (χ0n) is 15.3. The zero-order chi connectivity index (χ0) is 19.7. The molecule has 0 fully saturated rings. The third-order valence-corrected chi connectivity index (χ3v) is 4.93. The maximum atomic E-state index is 12.5. The van der Waals surface area contributed by atoms with Crippen LogP contribution in [0, 0.1) is 11.8 Å². The number of rotatable bonds is 8. The largest absolute Gasteiger partial charge is 0.497 e. The molecule has 2 aromatic rings. The first kappa shape index (κ1) is 20.4. The van der Waals surface area contributed by atoms with E-state index in [9.17, 15) is 8.42 Å². The molecule has 0 bridgehead atoms. The van der Waals surface area contributed by atoms with E-state index in [4.69, 9.17) is 18.9 Å². The average molecular weight is 391 g/mol. The molecule has 0 radical (unpaired) electrons. The first-order valence-corrected chi connectivity index (χ1v) is 9.43. The van der Waals surface area contributed by atoms with Gasteiger partial charge in [-0.3, -0.25) is 0 Å². The smallest absolute Gasteiger partial charge is 0.245 e. The van der Waals surface area contributed by atoms with Crippen molar-refractivity contribution in [3.8, 4) is 34.8 Å². The Morgan fingerprint density at radius 1 is 0.889 bits per heavy atom. The summed E-state index contributed by atoms with van der Waals surface area (Å²) in [5, 5.41) is 0. The molecule has 0 aliphatic heterocycles. The van der Waals surface area contributed by atoms with Crippen LogP contribution in [0.5, 0.6) is 23.0 Å². The van der Waals surface area contributed by atoms with Crippen LogP contribution >= 0.6 is 0 Å². The second-order valence-electron chi connectivity index (χ2n) is 5.13. The Kier molecular flexibility index (Phi) is 7.34. The van der Waals surface area contributed by atoms with E-state index in [0.29, 0.717) is 17.2 Å². The lowest BCUT2D eigenvalue weighted by atomic mass is 10.3. The van der Waals surface area contributed by atoms with Gasteiger partial charge in [0.25, 0.3) is 0 Å². The Morgan fingerprint density at radius 3 is 2.26 bits per heavy atom. The molecule has 0 saturated heterocycles. The summed E-state index contributed by atoms with van der Waals surface area (Å²) in [7, 11) is 0.603. The zero-order valence-corrected chi connectivity index (χ0v) is 16.1. The first-order chi connectivity index (χ1) is 13.0. The van der Waals surface area contributed by atoms with Gasteiger partial charge in [0.2, 0.25) is 10.0 Å². The molecule has 0 aromatic heterocycles. The van der Waals surface area contributed by atoms with Crippen molar-refractivity contribution in [1.29, 1.82) is 0 Å². The molecule has 0 unspecified atom stereocenters. The second-order valence-corrected chi connectivity index (χ2v) is 6.87. The lowest BCUT2D eigenvalue weighted by Crippen LogP contribution is -2.24. The van der Waals surface area contributed by atoms with Gasteiger partial charge in [-0.15, -0.1) is 0 Å². The van der Waals surface area contributed by atoms with Crippen LogP contribution in [-0.4, -0.2) is 42.9 Å². The van der Waals surface area contributed by atoms with E-state index < -0.39 is 10.0 Å². The van der Waals surface area contributed by atoms with Crippen LogP contribution in [0.2, 0.25) is 0 Å². The molecule has 0 aliphatic carbocycles. The topological polar surface area (TPSA) is 83.1 Å². The Hall–Kier alpha value is -2.89. The molecule has 0 saturated carbocycles. The highest BCUT2D eigenvalue weighted by molar-refractivity contribution is 7.89. The summed E-state index contributed by atoms with van der Waals surface area (Å²) in [6.45, 7) is 0.0303. The van der Waals surface area contributed by atoms with Crippen LogP contribution in [0.15, 0.2) is 47.4 Å². The SMILES string of the molecule is COc1ccc(OC)c(S(=O)(=O)NCC#CCOc2ccccc2OC)c1. The minimum Gasteiger partial charge on any atom is -0.497 e. The molecular weight excluding hydrogens is 370 g/mol. The fourth-order valence-corrected chi connectivity index (χ4v) is 3.27. The Labute approximate surface area is 159 Å². The molecule has 144 valence electrons. The summed E-state index contributed by atoms with van der Waals surface area (Å²) in [5.41, 5.74) is 0. The van der Waals surface area contributed by atoms with E-state index in [0.717, 1.165) is 0 Å². The fraction of sp³-hybridized carbons (Fsp3) is 0.263. The molecule has 0 heterocycles. The van der Waals surface area contributed by atoms with Crippen molar-refractivity contribution in [3.63, 3.8) is 0 Å². The minimum absolute atomic E-state index is 0.0172. The third kappa shape index (κ3) is 5.54. The maximum absolute atomic E-state index is 12.5. The van der Waals surface area contributed by atoms with Crippen molar-refractivity contribution >= 4 is 10.0 Å². The number of hydrogen-bond acceptors (Lipinski definition) is 6. The van der Waals surface area contributed by atoms with Crippen LogP contribution < -0.4 is 23.7 Å². The number of sulfonamides is 1. The fourth-order valence-electron chi connectivity index (χ4n) is 2.17. The van der Waals surface area contributed by atoms with Gasteiger partial charge in [0.15, 0.2) is 11.5 Å².